The van der Waals surface area contributed by atoms with E-state index in [1.54, 1.807) is 43.1 Å². The lowest BCUT2D eigenvalue weighted by Gasteiger charge is -2.00. The van der Waals surface area contributed by atoms with Crippen molar-refractivity contribution in [3.05, 3.63) is 89.7 Å². The van der Waals surface area contributed by atoms with Crippen LogP contribution in [0, 0.1) is 0 Å². The standard InChI is InChI=1S/2C7H5ClN2.C7H6N2O.Cl3OP/c8-6-2-4-10-7-5(6)1-3-9-7;8-6-4-10-7-5(6)2-1-3-9-7;10-9-5-1-2-6-3-4-8-7(6)9;1-5(2,3)4/h2*1-4H,(H,9,10);1-5,10H;. The van der Waals surface area contributed by atoms with Gasteiger partial charge in [-0.2, -0.15) is 4.73 Å². The zero-order valence-electron chi connectivity index (χ0n) is 17.5. The van der Waals surface area contributed by atoms with E-state index in [0.29, 0.717) is 5.82 Å². The molecule has 2 aliphatic heterocycles. The number of fused-ring (bicyclic) bond motifs is 3. The summed E-state index contributed by atoms with van der Waals surface area (Å²) in [4.78, 5) is 18.0. The number of aromatic amines is 2. The molecule has 0 atom stereocenters. The number of aromatic nitrogens is 6. The molecule has 0 saturated carbocycles. The third-order valence-corrected chi connectivity index (χ3v) is 4.88. The summed E-state index contributed by atoms with van der Waals surface area (Å²) >= 11 is 25.5. The molecule has 0 saturated heterocycles. The van der Waals surface area contributed by atoms with E-state index in [1.165, 1.54) is 0 Å². The lowest BCUT2D eigenvalue weighted by molar-refractivity contribution is 0.187. The number of hydrogen-bond acceptors (Lipinski definition) is 5. The van der Waals surface area contributed by atoms with Crippen LogP contribution in [0.2, 0.25) is 10.0 Å². The van der Waals surface area contributed by atoms with Gasteiger partial charge in [0.2, 0.25) is 0 Å². The van der Waals surface area contributed by atoms with Crippen LogP contribution in [-0.4, -0.2) is 34.9 Å². The molecule has 35 heavy (non-hydrogen) atoms. The average Bonchev–Trinajstić information content (AvgIpc) is 3.55. The molecule has 2 aliphatic rings. The molecule has 182 valence electrons. The maximum Gasteiger partial charge on any atom is 0.339 e. The summed E-state index contributed by atoms with van der Waals surface area (Å²) in [5.74, 6) is 0.600. The minimum absolute atomic E-state index is 0.600. The highest BCUT2D eigenvalue weighted by atomic mass is 36.0. The Hall–Kier alpha value is -2.45. The van der Waals surface area contributed by atoms with Crippen LogP contribution in [-0.2, 0) is 4.57 Å². The largest absolute Gasteiger partial charge is 0.427 e. The summed E-state index contributed by atoms with van der Waals surface area (Å²) in [6.45, 7) is 0. The van der Waals surface area contributed by atoms with Crippen LogP contribution in [0.4, 0.5) is 0 Å². The number of nitrogens with zero attached hydrogens (tertiary/aromatic N) is 4. The molecule has 6 heterocycles. The van der Waals surface area contributed by atoms with Crippen molar-refractivity contribution in [1.29, 1.82) is 0 Å². The molecule has 0 radical (unpaired) electrons. The van der Waals surface area contributed by atoms with Gasteiger partial charge in [-0.1, -0.05) is 23.2 Å². The van der Waals surface area contributed by atoms with Crippen molar-refractivity contribution in [2.45, 2.75) is 0 Å². The summed E-state index contributed by atoms with van der Waals surface area (Å²) in [5, 5.41) is 9.31. The Morgan fingerprint density at radius 3 is 2.14 bits per heavy atom. The van der Waals surface area contributed by atoms with Crippen LogP contribution < -0.4 is 0 Å². The summed E-state index contributed by atoms with van der Waals surface area (Å²) in [5.41, 5.74) is 2.63. The zero-order valence-corrected chi connectivity index (χ0v) is 22.2. The van der Waals surface area contributed by atoms with Gasteiger partial charge in [0, 0.05) is 53.5 Å². The summed E-state index contributed by atoms with van der Waals surface area (Å²) < 4.78 is 10.5. The number of nitrogens with one attached hydrogen (secondary N) is 2. The molecule has 0 spiro atoms. The lowest BCUT2D eigenvalue weighted by atomic mass is 10.3. The smallest absolute Gasteiger partial charge is 0.339 e. The maximum absolute atomic E-state index is 9.51. The van der Waals surface area contributed by atoms with E-state index >= 15 is 0 Å². The highest BCUT2D eigenvalue weighted by Gasteiger charge is 2.04. The monoisotopic (exact) mass is 590 g/mol. The SMILES string of the molecule is Clc1c[nH]c2ncccc12.Clc1ccnc2[nH]ccc12.O=P(Cl)(Cl)Cl.On1cccc2ccnc1-2. The maximum atomic E-state index is 9.51. The topological polar surface area (TPSA) is 112 Å². The molecular formula is C21H16Cl5N6O2P. The molecule has 0 fully saturated rings. The fraction of sp³-hybridized carbons (Fsp3) is 0. The Morgan fingerprint density at radius 1 is 0.800 bits per heavy atom. The third-order valence-electron chi connectivity index (χ3n) is 4.24. The first-order valence-corrected chi connectivity index (χ1v) is 14.8. The van der Waals surface area contributed by atoms with E-state index in [-0.39, 0.29) is 0 Å². The van der Waals surface area contributed by atoms with Crippen LogP contribution in [0.25, 0.3) is 33.5 Å². The normalized spacial score (nSPS) is 10.7. The van der Waals surface area contributed by atoms with Crippen LogP contribution in [0.5, 0.6) is 0 Å². The number of rotatable bonds is 0. The molecule has 0 bridgehead atoms. The van der Waals surface area contributed by atoms with Gasteiger partial charge in [0.25, 0.3) is 0 Å². The first kappa shape index (κ1) is 27.1. The van der Waals surface area contributed by atoms with Crippen molar-refractivity contribution in [2.24, 2.45) is 0 Å². The lowest BCUT2D eigenvalue weighted by Crippen LogP contribution is -1.96. The first-order valence-electron chi connectivity index (χ1n) is 9.59. The summed E-state index contributed by atoms with van der Waals surface area (Å²) in [6, 6.07) is 13.0. The first-order chi connectivity index (χ1) is 16.6. The van der Waals surface area contributed by atoms with E-state index < -0.39 is 5.20 Å². The van der Waals surface area contributed by atoms with Gasteiger partial charge in [0.05, 0.1) is 10.0 Å². The minimum atomic E-state index is -3.22. The number of halogens is 5. The third kappa shape index (κ3) is 8.32. The molecule has 0 amide bonds. The molecule has 0 unspecified atom stereocenters. The number of hydrogen-bond donors (Lipinski definition) is 3. The fourth-order valence-electron chi connectivity index (χ4n) is 2.81. The van der Waals surface area contributed by atoms with Gasteiger partial charge in [-0.15, -0.1) is 0 Å². The van der Waals surface area contributed by atoms with E-state index in [4.69, 9.17) is 28.4 Å². The zero-order chi connectivity index (χ0) is 25.4. The quantitative estimate of drug-likeness (QED) is 0.121. The van der Waals surface area contributed by atoms with Crippen molar-refractivity contribution in [2.75, 3.05) is 0 Å². The van der Waals surface area contributed by atoms with Gasteiger partial charge in [-0.25, -0.2) is 15.0 Å². The van der Waals surface area contributed by atoms with Crippen molar-refractivity contribution in [3.8, 4) is 11.4 Å². The van der Waals surface area contributed by atoms with Gasteiger partial charge in [-0.05, 0) is 76.2 Å². The fourth-order valence-corrected chi connectivity index (χ4v) is 3.22. The Labute approximate surface area is 223 Å². The molecule has 3 N–H and O–H groups in total. The van der Waals surface area contributed by atoms with E-state index in [0.717, 1.165) is 42.4 Å². The van der Waals surface area contributed by atoms with Gasteiger partial charge in [-0.3, -0.25) is 4.57 Å². The van der Waals surface area contributed by atoms with Crippen molar-refractivity contribution in [1.82, 2.24) is 29.7 Å². The van der Waals surface area contributed by atoms with Crippen LogP contribution >= 0.6 is 62.1 Å². The van der Waals surface area contributed by atoms with Crippen molar-refractivity contribution in [3.63, 3.8) is 0 Å². The summed E-state index contributed by atoms with van der Waals surface area (Å²) in [7, 11) is 0. The second-order valence-corrected chi connectivity index (χ2v) is 14.0. The molecule has 0 aliphatic carbocycles. The molecule has 8 nitrogen and oxygen atoms in total. The molecule has 4 aromatic rings. The average molecular weight is 593 g/mol. The molecule has 0 aromatic carbocycles. The van der Waals surface area contributed by atoms with Crippen LogP contribution in [0.1, 0.15) is 0 Å². The second-order valence-electron chi connectivity index (χ2n) is 6.54. The summed E-state index contributed by atoms with van der Waals surface area (Å²) in [6.07, 6.45) is 10.2. The Bertz CT molecular complexity index is 1510. The van der Waals surface area contributed by atoms with Gasteiger partial charge >= 0.3 is 5.20 Å². The molecule has 4 aromatic heterocycles. The minimum Gasteiger partial charge on any atom is -0.427 e. The van der Waals surface area contributed by atoms with Gasteiger partial charge < -0.3 is 15.2 Å². The van der Waals surface area contributed by atoms with Crippen molar-refractivity contribution < 1.29 is 9.77 Å². The Morgan fingerprint density at radius 2 is 1.46 bits per heavy atom. The highest BCUT2D eigenvalue weighted by molar-refractivity contribution is 8.24. The van der Waals surface area contributed by atoms with E-state index in [2.05, 4.69) is 58.6 Å². The van der Waals surface area contributed by atoms with Gasteiger partial charge in [0.1, 0.15) is 11.3 Å². The number of pyridine rings is 3. The van der Waals surface area contributed by atoms with Crippen LogP contribution in [0.3, 0.4) is 0 Å². The predicted octanol–water partition coefficient (Wildman–Crippen LogP) is 8.47. The van der Waals surface area contributed by atoms with Crippen LogP contribution in [0.15, 0.2) is 79.6 Å². The molecule has 6 rings (SSSR count). The Kier molecular flexibility index (Phi) is 9.69. The molecular weight excluding hydrogens is 577 g/mol. The Balaban J connectivity index is 0.000000134. The van der Waals surface area contributed by atoms with Crippen molar-refractivity contribution >= 4 is 84.2 Å². The predicted molar refractivity (Wildman–Crippen MR) is 143 cm³/mol. The van der Waals surface area contributed by atoms with Gasteiger partial charge in [0.15, 0.2) is 5.82 Å². The number of H-pyrrole nitrogens is 2. The molecule has 14 heteroatoms. The van der Waals surface area contributed by atoms with E-state index in [9.17, 15) is 4.57 Å². The second kappa shape index (κ2) is 12.5. The highest BCUT2D eigenvalue weighted by Crippen LogP contribution is 2.61. The van der Waals surface area contributed by atoms with E-state index in [1.807, 2.05) is 36.5 Å².